The highest BCUT2D eigenvalue weighted by molar-refractivity contribution is 6.07. The molecule has 0 atom stereocenters. The Morgan fingerprint density at radius 1 is 0.258 bits per heavy atom. The second-order valence-electron chi connectivity index (χ2n) is 15.9. The zero-order valence-electron chi connectivity index (χ0n) is 33.6. The predicted octanol–water partition coefficient (Wildman–Crippen LogP) is 15.0. The number of rotatable bonds is 6. The van der Waals surface area contributed by atoms with Gasteiger partial charge in [-0.1, -0.05) is 158 Å². The molecular weight excluding hydrogens is 753 g/mol. The Balaban J connectivity index is 0.912. The minimum absolute atomic E-state index is 0.910. The summed E-state index contributed by atoms with van der Waals surface area (Å²) in [5, 5.41) is 6.59. The molecular formula is C58H36N4. The first-order valence-electron chi connectivity index (χ1n) is 20.9. The maximum absolute atomic E-state index is 5.29. The normalized spacial score (nSPS) is 11.5. The van der Waals surface area contributed by atoms with Crippen molar-refractivity contribution in [1.29, 1.82) is 0 Å². The fourth-order valence-electron chi connectivity index (χ4n) is 8.89. The second kappa shape index (κ2) is 14.7. The Labute approximate surface area is 358 Å². The molecule has 288 valence electrons. The molecule has 12 rings (SSSR count). The van der Waals surface area contributed by atoms with E-state index in [0.29, 0.717) is 0 Å². The third-order valence-corrected chi connectivity index (χ3v) is 12.1. The standard InChI is InChI=1S/C58H36N4/c1-3-10-37(11-4-1)45-32-46(38-12-5-2-6-13-38)34-47(33-45)43-21-17-39-23-28-52(60-55(39)35-43)44-22-18-40-24-29-53(61-56(40)36-44)50-26-27-51(49-16-8-7-15-48(49)50)54-30-25-42-20-19-41-14-9-31-59-57(41)58(42)62-54/h1-36H. The predicted molar refractivity (Wildman–Crippen MR) is 258 cm³/mol. The average Bonchev–Trinajstić information content (AvgIpc) is 3.35. The Hall–Kier alpha value is -8.34. The van der Waals surface area contributed by atoms with Gasteiger partial charge in [0.2, 0.25) is 0 Å². The van der Waals surface area contributed by atoms with Crippen LogP contribution in [-0.2, 0) is 0 Å². The molecule has 0 N–H and O–H groups in total. The van der Waals surface area contributed by atoms with Crippen molar-refractivity contribution in [2.75, 3.05) is 0 Å². The van der Waals surface area contributed by atoms with Gasteiger partial charge in [-0.3, -0.25) is 4.98 Å². The highest BCUT2D eigenvalue weighted by Crippen LogP contribution is 2.38. The Bertz CT molecular complexity index is 3630. The lowest BCUT2D eigenvalue weighted by molar-refractivity contribution is 1.37. The molecule has 0 amide bonds. The first-order chi connectivity index (χ1) is 30.7. The fourth-order valence-corrected chi connectivity index (χ4v) is 8.89. The van der Waals surface area contributed by atoms with Crippen molar-refractivity contribution in [2.45, 2.75) is 0 Å². The van der Waals surface area contributed by atoms with Crippen LogP contribution in [0.4, 0.5) is 0 Å². The first kappa shape index (κ1) is 35.6. The van der Waals surface area contributed by atoms with Crippen LogP contribution in [0.3, 0.4) is 0 Å². The number of aromatic nitrogens is 4. The Kier molecular flexibility index (Phi) is 8.46. The van der Waals surface area contributed by atoms with Gasteiger partial charge in [0.1, 0.15) is 0 Å². The van der Waals surface area contributed by atoms with Gasteiger partial charge in [0.25, 0.3) is 0 Å². The largest absolute Gasteiger partial charge is 0.254 e. The van der Waals surface area contributed by atoms with Crippen molar-refractivity contribution in [3.8, 4) is 67.2 Å². The van der Waals surface area contributed by atoms with Crippen LogP contribution in [0.5, 0.6) is 0 Å². The van der Waals surface area contributed by atoms with E-state index in [1.807, 2.05) is 12.3 Å². The molecule has 8 aromatic carbocycles. The molecule has 0 saturated heterocycles. The average molecular weight is 789 g/mol. The highest BCUT2D eigenvalue weighted by atomic mass is 14.8. The third-order valence-electron chi connectivity index (χ3n) is 12.1. The minimum Gasteiger partial charge on any atom is -0.254 e. The van der Waals surface area contributed by atoms with Crippen LogP contribution in [0.15, 0.2) is 219 Å². The lowest BCUT2D eigenvalue weighted by Gasteiger charge is -2.13. The Morgan fingerprint density at radius 2 is 0.726 bits per heavy atom. The smallest absolute Gasteiger partial charge is 0.0972 e. The van der Waals surface area contributed by atoms with Gasteiger partial charge in [0.05, 0.1) is 39.1 Å². The van der Waals surface area contributed by atoms with Crippen molar-refractivity contribution in [2.24, 2.45) is 0 Å². The molecule has 0 aliphatic heterocycles. The molecule has 0 spiro atoms. The van der Waals surface area contributed by atoms with Crippen molar-refractivity contribution in [3.05, 3.63) is 219 Å². The number of hydrogen-bond acceptors (Lipinski definition) is 4. The van der Waals surface area contributed by atoms with E-state index < -0.39 is 0 Å². The van der Waals surface area contributed by atoms with E-state index in [2.05, 4.69) is 211 Å². The number of benzene rings is 8. The van der Waals surface area contributed by atoms with E-state index in [1.165, 1.54) is 22.3 Å². The lowest BCUT2D eigenvalue weighted by Crippen LogP contribution is -1.92. The number of hydrogen-bond donors (Lipinski definition) is 0. The monoisotopic (exact) mass is 788 g/mol. The summed E-state index contributed by atoms with van der Waals surface area (Å²) in [6.45, 7) is 0. The summed E-state index contributed by atoms with van der Waals surface area (Å²) in [7, 11) is 0. The van der Waals surface area contributed by atoms with E-state index in [1.54, 1.807) is 0 Å². The summed E-state index contributed by atoms with van der Waals surface area (Å²) < 4.78 is 0. The van der Waals surface area contributed by atoms with Gasteiger partial charge in [0, 0.05) is 44.4 Å². The summed E-state index contributed by atoms with van der Waals surface area (Å²) in [4.78, 5) is 20.4. The van der Waals surface area contributed by atoms with Gasteiger partial charge < -0.3 is 0 Å². The molecule has 4 heteroatoms. The first-order valence-corrected chi connectivity index (χ1v) is 20.9. The van der Waals surface area contributed by atoms with Crippen molar-refractivity contribution in [3.63, 3.8) is 0 Å². The molecule has 0 saturated carbocycles. The zero-order valence-corrected chi connectivity index (χ0v) is 33.6. The van der Waals surface area contributed by atoms with Gasteiger partial charge in [-0.2, -0.15) is 0 Å². The molecule has 4 heterocycles. The van der Waals surface area contributed by atoms with E-state index in [9.17, 15) is 0 Å². The van der Waals surface area contributed by atoms with Crippen LogP contribution >= 0.6 is 0 Å². The molecule has 0 bridgehead atoms. The molecule has 0 unspecified atom stereocenters. The summed E-state index contributed by atoms with van der Waals surface area (Å²) in [6.07, 6.45) is 1.84. The molecule has 0 fully saturated rings. The van der Waals surface area contributed by atoms with Gasteiger partial charge in [-0.05, 0) is 98.8 Å². The lowest BCUT2D eigenvalue weighted by atomic mass is 9.93. The molecule has 62 heavy (non-hydrogen) atoms. The van der Waals surface area contributed by atoms with Crippen molar-refractivity contribution >= 4 is 54.4 Å². The van der Waals surface area contributed by atoms with Crippen molar-refractivity contribution < 1.29 is 0 Å². The van der Waals surface area contributed by atoms with Crippen LogP contribution in [0.25, 0.3) is 122 Å². The van der Waals surface area contributed by atoms with E-state index >= 15 is 0 Å². The van der Waals surface area contributed by atoms with Gasteiger partial charge in [-0.15, -0.1) is 0 Å². The van der Waals surface area contributed by atoms with E-state index in [0.717, 1.165) is 99.3 Å². The highest BCUT2D eigenvalue weighted by Gasteiger charge is 2.15. The Morgan fingerprint density at radius 3 is 1.37 bits per heavy atom. The second-order valence-corrected chi connectivity index (χ2v) is 15.9. The van der Waals surface area contributed by atoms with Crippen LogP contribution in [0.2, 0.25) is 0 Å². The van der Waals surface area contributed by atoms with Gasteiger partial charge >= 0.3 is 0 Å². The molecule has 0 aliphatic rings. The van der Waals surface area contributed by atoms with Crippen LogP contribution < -0.4 is 0 Å². The summed E-state index contributed by atoms with van der Waals surface area (Å²) in [5.74, 6) is 0. The summed E-state index contributed by atoms with van der Waals surface area (Å²) in [5.41, 5.74) is 16.7. The fraction of sp³-hybridized carbons (Fsp3) is 0. The number of pyridine rings is 4. The number of fused-ring (bicyclic) bond motifs is 6. The van der Waals surface area contributed by atoms with Crippen LogP contribution in [0.1, 0.15) is 0 Å². The van der Waals surface area contributed by atoms with Crippen LogP contribution in [0, 0.1) is 0 Å². The molecule has 4 nitrogen and oxygen atoms in total. The van der Waals surface area contributed by atoms with Gasteiger partial charge in [0.15, 0.2) is 0 Å². The zero-order chi connectivity index (χ0) is 41.0. The molecule has 4 aromatic heterocycles. The quantitative estimate of drug-likeness (QED) is 0.158. The minimum atomic E-state index is 0.910. The van der Waals surface area contributed by atoms with Gasteiger partial charge in [-0.25, -0.2) is 15.0 Å². The molecule has 0 aliphatic carbocycles. The third kappa shape index (κ3) is 6.34. The SMILES string of the molecule is c1ccc(-c2cc(-c3ccccc3)cc(-c3ccc4ccc(-c5ccc6ccc(-c7ccc(-c8ccc9ccc%10cccnc%10c9n8)c8ccccc78)nc6c5)nc4c3)c2)cc1. The van der Waals surface area contributed by atoms with Crippen LogP contribution in [-0.4, -0.2) is 19.9 Å². The summed E-state index contributed by atoms with van der Waals surface area (Å²) in [6, 6.07) is 75.2. The maximum Gasteiger partial charge on any atom is 0.0972 e. The van der Waals surface area contributed by atoms with E-state index in [-0.39, 0.29) is 0 Å². The molecule has 12 aromatic rings. The molecule has 0 radical (unpaired) electrons. The maximum atomic E-state index is 5.29. The van der Waals surface area contributed by atoms with E-state index in [4.69, 9.17) is 15.0 Å². The topological polar surface area (TPSA) is 51.6 Å². The van der Waals surface area contributed by atoms with Crippen molar-refractivity contribution in [1.82, 2.24) is 19.9 Å². The number of nitrogens with zero attached hydrogens (tertiary/aromatic N) is 4. The summed E-state index contributed by atoms with van der Waals surface area (Å²) >= 11 is 0.